The molecule has 0 aromatic heterocycles. The van der Waals surface area contributed by atoms with Crippen molar-refractivity contribution in [1.29, 1.82) is 0 Å². The van der Waals surface area contributed by atoms with E-state index >= 15 is 0 Å². The van der Waals surface area contributed by atoms with Gasteiger partial charge in [-0.2, -0.15) is 0 Å². The van der Waals surface area contributed by atoms with Gasteiger partial charge in [-0.25, -0.2) is 0 Å². The van der Waals surface area contributed by atoms with Crippen LogP contribution in [0.4, 0.5) is 0 Å². The Bertz CT molecular complexity index is 741. The molecule has 0 radical (unpaired) electrons. The molecule has 1 fully saturated rings. The van der Waals surface area contributed by atoms with E-state index in [1.165, 1.54) is 5.57 Å². The van der Waals surface area contributed by atoms with Gasteiger partial charge >= 0.3 is 0 Å². The van der Waals surface area contributed by atoms with Crippen molar-refractivity contribution in [1.82, 2.24) is 10.2 Å². The van der Waals surface area contributed by atoms with Crippen LogP contribution in [0.1, 0.15) is 25.7 Å². The third kappa shape index (κ3) is 5.16. The van der Waals surface area contributed by atoms with Gasteiger partial charge in [-0.15, -0.1) is 0 Å². The summed E-state index contributed by atoms with van der Waals surface area (Å²) < 4.78 is 11.4. The Morgan fingerprint density at radius 3 is 2.93 bits per heavy atom. The first-order valence-corrected chi connectivity index (χ1v) is 9.54. The number of allylic oxidation sites excluding steroid dienone is 6. The molecule has 1 amide bonds. The number of nitrogens with one attached hydrogen (secondary N) is 1. The predicted octanol–water partition coefficient (Wildman–Crippen LogP) is 3.36. The first-order chi connectivity index (χ1) is 13.2. The van der Waals surface area contributed by atoms with E-state index in [1.807, 2.05) is 23.1 Å². The van der Waals surface area contributed by atoms with E-state index in [0.717, 1.165) is 31.3 Å². The van der Waals surface area contributed by atoms with Gasteiger partial charge in [0.25, 0.3) is 5.91 Å². The van der Waals surface area contributed by atoms with Gasteiger partial charge in [-0.05, 0) is 49.0 Å². The van der Waals surface area contributed by atoms with Crippen LogP contribution in [0.5, 0.6) is 0 Å². The number of amides is 1. The SMILES string of the molecule is C=C1/C=C\C(OC)=C2/CN(CCCCO2)C(=O)/C(NCC2=CCCC=C2)=C\1. The molecule has 1 N–H and O–H groups in total. The molecular formula is C22H28N2O3. The highest BCUT2D eigenvalue weighted by molar-refractivity contribution is 5.93. The van der Waals surface area contributed by atoms with Gasteiger partial charge < -0.3 is 19.7 Å². The normalized spacial score (nSPS) is 26.8. The average molecular weight is 368 g/mol. The van der Waals surface area contributed by atoms with E-state index < -0.39 is 0 Å². The number of fused-ring (bicyclic) bond motifs is 2. The number of methoxy groups -OCH3 is 1. The molecule has 0 saturated carbocycles. The van der Waals surface area contributed by atoms with Crippen LogP contribution in [-0.2, 0) is 14.3 Å². The molecule has 3 rings (SSSR count). The number of hydrogen-bond donors (Lipinski definition) is 1. The first-order valence-electron chi connectivity index (χ1n) is 9.54. The van der Waals surface area contributed by atoms with Crippen molar-refractivity contribution in [2.45, 2.75) is 25.7 Å². The fourth-order valence-corrected chi connectivity index (χ4v) is 3.27. The summed E-state index contributed by atoms with van der Waals surface area (Å²) in [5.41, 5.74) is 2.49. The molecule has 27 heavy (non-hydrogen) atoms. The van der Waals surface area contributed by atoms with Crippen LogP contribution < -0.4 is 5.32 Å². The Morgan fingerprint density at radius 2 is 2.15 bits per heavy atom. The van der Waals surface area contributed by atoms with Crippen LogP contribution in [0, 0.1) is 0 Å². The quantitative estimate of drug-likeness (QED) is 0.827. The molecule has 0 spiro atoms. The monoisotopic (exact) mass is 368 g/mol. The number of rotatable bonds is 4. The molecule has 1 saturated heterocycles. The topological polar surface area (TPSA) is 50.8 Å². The minimum atomic E-state index is -0.0368. The third-order valence-electron chi connectivity index (χ3n) is 4.78. The van der Waals surface area contributed by atoms with Crippen LogP contribution in [0.25, 0.3) is 0 Å². The van der Waals surface area contributed by atoms with Crippen molar-refractivity contribution < 1.29 is 14.3 Å². The van der Waals surface area contributed by atoms with Gasteiger partial charge in [0, 0.05) is 13.1 Å². The molecule has 2 bridgehead atoms. The highest BCUT2D eigenvalue weighted by Gasteiger charge is 2.24. The maximum absolute atomic E-state index is 13.2. The van der Waals surface area contributed by atoms with Crippen LogP contribution in [-0.4, -0.2) is 44.2 Å². The zero-order valence-electron chi connectivity index (χ0n) is 16.0. The van der Waals surface area contributed by atoms with Gasteiger partial charge in [0.15, 0.2) is 11.5 Å². The molecule has 144 valence electrons. The molecule has 1 aliphatic carbocycles. The number of nitrogens with zero attached hydrogens (tertiary/aromatic N) is 1. The lowest BCUT2D eigenvalue weighted by Gasteiger charge is -2.29. The van der Waals surface area contributed by atoms with E-state index in [0.29, 0.717) is 43.5 Å². The molecular weight excluding hydrogens is 340 g/mol. The minimum Gasteiger partial charge on any atom is -0.493 e. The molecule has 0 aromatic rings. The van der Waals surface area contributed by atoms with Crippen LogP contribution >= 0.6 is 0 Å². The van der Waals surface area contributed by atoms with Crippen molar-refractivity contribution in [2.24, 2.45) is 0 Å². The van der Waals surface area contributed by atoms with E-state index in [9.17, 15) is 4.79 Å². The Kier molecular flexibility index (Phi) is 6.58. The van der Waals surface area contributed by atoms with Crippen molar-refractivity contribution in [3.63, 3.8) is 0 Å². The highest BCUT2D eigenvalue weighted by atomic mass is 16.5. The molecule has 0 aromatic carbocycles. The Labute approximate surface area is 161 Å². The Balaban J connectivity index is 1.86. The van der Waals surface area contributed by atoms with Crippen molar-refractivity contribution in [3.8, 4) is 0 Å². The number of carbonyl (C=O) groups excluding carboxylic acids is 1. The third-order valence-corrected chi connectivity index (χ3v) is 4.78. The summed E-state index contributed by atoms with van der Waals surface area (Å²) in [6.45, 7) is 6.41. The highest BCUT2D eigenvalue weighted by Crippen LogP contribution is 2.19. The van der Waals surface area contributed by atoms with Crippen LogP contribution in [0.15, 0.2) is 71.4 Å². The van der Waals surface area contributed by atoms with Gasteiger partial charge in [0.05, 0.1) is 20.3 Å². The lowest BCUT2D eigenvalue weighted by Crippen LogP contribution is -2.40. The maximum atomic E-state index is 13.2. The van der Waals surface area contributed by atoms with E-state index in [4.69, 9.17) is 9.47 Å². The summed E-state index contributed by atoms with van der Waals surface area (Å²) in [5.74, 6) is 1.29. The number of carbonyl (C=O) groups is 1. The molecule has 0 atom stereocenters. The summed E-state index contributed by atoms with van der Waals surface area (Å²) in [7, 11) is 1.61. The van der Waals surface area contributed by atoms with Gasteiger partial charge in [0.2, 0.25) is 0 Å². The van der Waals surface area contributed by atoms with Gasteiger partial charge in [-0.1, -0.05) is 30.9 Å². The van der Waals surface area contributed by atoms with Crippen LogP contribution in [0.3, 0.4) is 0 Å². The Hall–Kier alpha value is -2.69. The minimum absolute atomic E-state index is 0.0368. The zero-order valence-corrected chi connectivity index (χ0v) is 16.0. The molecule has 2 aliphatic heterocycles. The van der Waals surface area contributed by atoms with Crippen molar-refractivity contribution >= 4 is 5.91 Å². The lowest BCUT2D eigenvalue weighted by atomic mass is 10.1. The van der Waals surface area contributed by atoms with E-state index in [2.05, 4.69) is 30.1 Å². The summed E-state index contributed by atoms with van der Waals surface area (Å²) in [6, 6.07) is 0. The Morgan fingerprint density at radius 1 is 1.26 bits per heavy atom. The molecule has 0 unspecified atom stereocenters. The molecule has 5 nitrogen and oxygen atoms in total. The fraction of sp³-hybridized carbons (Fsp3) is 0.409. The summed E-state index contributed by atoms with van der Waals surface area (Å²) in [4.78, 5) is 15.0. The van der Waals surface area contributed by atoms with Crippen LogP contribution in [0.2, 0.25) is 0 Å². The first kappa shape index (κ1) is 19.1. The van der Waals surface area contributed by atoms with Crippen molar-refractivity contribution in [2.75, 3.05) is 33.4 Å². The standard InChI is InChI=1S/C22H28N2O3/c1-17-10-11-20(26-2)21-16-24(12-6-7-13-27-21)22(25)19(14-17)23-15-18-8-4-3-5-9-18/h4,8-11,14,23H,1,3,5-7,12-13,15-16H2,2H3/b11-10-,19-14+,21-20-. The largest absolute Gasteiger partial charge is 0.493 e. The van der Waals surface area contributed by atoms with Gasteiger partial charge in [-0.3, -0.25) is 4.79 Å². The number of ether oxygens (including phenoxy) is 2. The molecule has 3 aliphatic rings. The summed E-state index contributed by atoms with van der Waals surface area (Å²) >= 11 is 0. The fourth-order valence-electron chi connectivity index (χ4n) is 3.27. The second-order valence-corrected chi connectivity index (χ2v) is 6.85. The summed E-state index contributed by atoms with van der Waals surface area (Å²) in [5, 5.41) is 3.32. The van der Waals surface area contributed by atoms with E-state index in [1.54, 1.807) is 7.11 Å². The van der Waals surface area contributed by atoms with E-state index in [-0.39, 0.29) is 5.91 Å². The number of hydrogen-bond acceptors (Lipinski definition) is 4. The molecule has 5 heteroatoms. The van der Waals surface area contributed by atoms with Gasteiger partial charge in [0.1, 0.15) is 5.70 Å². The summed E-state index contributed by atoms with van der Waals surface area (Å²) in [6.07, 6.45) is 16.0. The maximum Gasteiger partial charge on any atom is 0.270 e. The zero-order chi connectivity index (χ0) is 19.1. The predicted molar refractivity (Wildman–Crippen MR) is 107 cm³/mol. The average Bonchev–Trinajstić information content (AvgIpc) is 2.66. The second kappa shape index (κ2) is 9.31. The lowest BCUT2D eigenvalue weighted by molar-refractivity contribution is -0.128. The molecule has 2 heterocycles. The second-order valence-electron chi connectivity index (χ2n) is 6.85. The smallest absolute Gasteiger partial charge is 0.270 e. The van der Waals surface area contributed by atoms with Crippen molar-refractivity contribution in [3.05, 3.63) is 71.4 Å².